The Bertz CT molecular complexity index is 534. The fraction of sp³-hybridized carbons (Fsp3) is 0.935. The maximum atomic E-state index is 12.7. The summed E-state index contributed by atoms with van der Waals surface area (Å²) < 4.78 is 22.1. The monoisotopic (exact) mass is 528 g/mol. The van der Waals surface area contributed by atoms with E-state index in [1.807, 2.05) is 13.8 Å². The van der Waals surface area contributed by atoms with Crippen LogP contribution in [0.25, 0.3) is 0 Å². The number of Topliss-reactive ketones (excluding diaryl/α,β-unsaturated/α-hetero) is 2. The normalized spacial score (nSPS) is 12.7. The quantitative estimate of drug-likeness (QED) is 0.0945. The van der Waals surface area contributed by atoms with Crippen LogP contribution in [0.15, 0.2) is 0 Å². The van der Waals surface area contributed by atoms with Gasteiger partial charge in [0.15, 0.2) is 11.6 Å². The molecule has 0 rings (SSSR count). The standard InChI is InChI=1S/C31H60O6/c1-6-9-12-14-16-18-28(17-15-13-10-7-2)29(32)26-36-24-22-34-20-21-35-23-25-37-27-30(33)31(4,5)19-11-8-3/h28H,6-27H2,1-5H3. The fourth-order valence-electron chi connectivity index (χ4n) is 4.24. The van der Waals surface area contributed by atoms with Crippen molar-refractivity contribution >= 4 is 11.6 Å². The Labute approximate surface area is 228 Å². The van der Waals surface area contributed by atoms with Gasteiger partial charge in [0.25, 0.3) is 0 Å². The summed E-state index contributed by atoms with van der Waals surface area (Å²) in [6.45, 7) is 13.5. The Morgan fingerprint density at radius 2 is 1.00 bits per heavy atom. The van der Waals surface area contributed by atoms with Crippen molar-refractivity contribution in [3.8, 4) is 0 Å². The SMILES string of the molecule is CCCCCCCC(CCCCCC)C(=O)COCCOCCOCCOCC(=O)C(C)(C)CCCC. The largest absolute Gasteiger partial charge is 0.377 e. The van der Waals surface area contributed by atoms with Crippen LogP contribution >= 0.6 is 0 Å². The molecule has 1 unspecified atom stereocenters. The zero-order valence-corrected chi connectivity index (χ0v) is 25.1. The van der Waals surface area contributed by atoms with E-state index in [1.54, 1.807) is 0 Å². The molecule has 0 N–H and O–H groups in total. The molecule has 0 spiro atoms. The van der Waals surface area contributed by atoms with Gasteiger partial charge in [-0.3, -0.25) is 9.59 Å². The lowest BCUT2D eigenvalue weighted by atomic mass is 9.83. The van der Waals surface area contributed by atoms with Gasteiger partial charge in [0, 0.05) is 11.3 Å². The number of ketones is 2. The fourth-order valence-corrected chi connectivity index (χ4v) is 4.24. The summed E-state index contributed by atoms with van der Waals surface area (Å²) in [4.78, 5) is 25.0. The Morgan fingerprint density at radius 3 is 1.51 bits per heavy atom. The molecule has 220 valence electrons. The number of unbranched alkanes of at least 4 members (excludes halogenated alkanes) is 8. The van der Waals surface area contributed by atoms with Gasteiger partial charge in [-0.15, -0.1) is 0 Å². The highest BCUT2D eigenvalue weighted by Crippen LogP contribution is 2.24. The molecule has 6 nitrogen and oxygen atoms in total. The molecule has 37 heavy (non-hydrogen) atoms. The summed E-state index contributed by atoms with van der Waals surface area (Å²) in [5, 5.41) is 0. The van der Waals surface area contributed by atoms with Crippen LogP contribution in [0, 0.1) is 11.3 Å². The van der Waals surface area contributed by atoms with Gasteiger partial charge in [0.05, 0.1) is 39.6 Å². The molecule has 0 aliphatic carbocycles. The minimum atomic E-state index is -0.318. The first kappa shape index (κ1) is 36.2. The average molecular weight is 529 g/mol. The highest BCUT2D eigenvalue weighted by atomic mass is 16.6. The third-order valence-corrected chi connectivity index (χ3v) is 7.02. The Hall–Kier alpha value is -0.820. The van der Waals surface area contributed by atoms with Crippen LogP contribution in [-0.2, 0) is 28.5 Å². The Balaban J connectivity index is 3.81. The van der Waals surface area contributed by atoms with E-state index >= 15 is 0 Å². The van der Waals surface area contributed by atoms with Gasteiger partial charge in [-0.2, -0.15) is 0 Å². The van der Waals surface area contributed by atoms with Gasteiger partial charge >= 0.3 is 0 Å². The second-order valence-electron chi connectivity index (χ2n) is 11.0. The number of ether oxygens (including phenoxy) is 4. The van der Waals surface area contributed by atoms with Crippen molar-refractivity contribution in [2.24, 2.45) is 11.3 Å². The molecule has 0 saturated heterocycles. The molecule has 0 bridgehead atoms. The first-order valence-electron chi connectivity index (χ1n) is 15.3. The number of hydrogen-bond donors (Lipinski definition) is 0. The van der Waals surface area contributed by atoms with Crippen LogP contribution in [0.1, 0.15) is 125 Å². The van der Waals surface area contributed by atoms with Crippen LogP contribution in [0.5, 0.6) is 0 Å². The molecule has 0 aromatic heterocycles. The zero-order chi connectivity index (χ0) is 27.6. The highest BCUT2D eigenvalue weighted by Gasteiger charge is 2.26. The van der Waals surface area contributed by atoms with Crippen LogP contribution in [0.3, 0.4) is 0 Å². The summed E-state index contributed by atoms with van der Waals surface area (Å²) >= 11 is 0. The lowest BCUT2D eigenvalue weighted by molar-refractivity contribution is -0.133. The van der Waals surface area contributed by atoms with Crippen LogP contribution in [-0.4, -0.2) is 64.4 Å². The van der Waals surface area contributed by atoms with Crippen molar-refractivity contribution in [1.82, 2.24) is 0 Å². The predicted molar refractivity (Wildman–Crippen MR) is 152 cm³/mol. The first-order valence-corrected chi connectivity index (χ1v) is 15.3. The molecule has 1 atom stereocenters. The number of rotatable bonds is 29. The van der Waals surface area contributed by atoms with E-state index in [2.05, 4.69) is 20.8 Å². The zero-order valence-electron chi connectivity index (χ0n) is 25.1. The summed E-state index contributed by atoms with van der Waals surface area (Å²) in [5.74, 6) is 0.549. The minimum Gasteiger partial charge on any atom is -0.377 e. The van der Waals surface area contributed by atoms with E-state index in [0.717, 1.165) is 44.9 Å². The van der Waals surface area contributed by atoms with E-state index < -0.39 is 0 Å². The van der Waals surface area contributed by atoms with Crippen molar-refractivity contribution in [2.75, 3.05) is 52.9 Å². The molecule has 6 heteroatoms. The molecule has 0 fully saturated rings. The van der Waals surface area contributed by atoms with Crippen molar-refractivity contribution in [1.29, 1.82) is 0 Å². The second kappa shape index (κ2) is 25.5. The molecule has 0 aromatic rings. The van der Waals surface area contributed by atoms with Gasteiger partial charge in [-0.1, -0.05) is 105 Å². The molecular formula is C31H60O6. The topological polar surface area (TPSA) is 71.1 Å². The summed E-state index contributed by atoms with van der Waals surface area (Å²) in [6, 6.07) is 0. The van der Waals surface area contributed by atoms with Gasteiger partial charge in [-0.05, 0) is 19.3 Å². The summed E-state index contributed by atoms with van der Waals surface area (Å²) in [7, 11) is 0. The minimum absolute atomic E-state index is 0.144. The van der Waals surface area contributed by atoms with Crippen molar-refractivity contribution in [3.63, 3.8) is 0 Å². The summed E-state index contributed by atoms with van der Waals surface area (Å²) in [6.07, 6.45) is 16.1. The van der Waals surface area contributed by atoms with Gasteiger partial charge in [-0.25, -0.2) is 0 Å². The molecule has 0 aliphatic heterocycles. The van der Waals surface area contributed by atoms with Gasteiger partial charge < -0.3 is 18.9 Å². The van der Waals surface area contributed by atoms with Crippen LogP contribution in [0.2, 0.25) is 0 Å². The third kappa shape index (κ3) is 21.8. The highest BCUT2D eigenvalue weighted by molar-refractivity contribution is 5.85. The smallest absolute Gasteiger partial charge is 0.164 e. The van der Waals surface area contributed by atoms with E-state index in [4.69, 9.17) is 18.9 Å². The molecule has 0 heterocycles. The molecule has 0 saturated carbocycles. The lowest BCUT2D eigenvalue weighted by Gasteiger charge is -2.22. The lowest BCUT2D eigenvalue weighted by Crippen LogP contribution is -2.28. The summed E-state index contributed by atoms with van der Waals surface area (Å²) in [5.41, 5.74) is -0.318. The van der Waals surface area contributed by atoms with Crippen LogP contribution < -0.4 is 0 Å². The third-order valence-electron chi connectivity index (χ3n) is 7.02. The maximum Gasteiger partial charge on any atom is 0.164 e. The van der Waals surface area contributed by atoms with Crippen LogP contribution in [0.4, 0.5) is 0 Å². The number of hydrogen-bond acceptors (Lipinski definition) is 6. The van der Waals surface area contributed by atoms with E-state index in [9.17, 15) is 9.59 Å². The first-order chi connectivity index (χ1) is 17.9. The van der Waals surface area contributed by atoms with Gasteiger partial charge in [0.2, 0.25) is 0 Å². The molecular weight excluding hydrogens is 468 g/mol. The van der Waals surface area contributed by atoms with Crippen molar-refractivity contribution in [2.45, 2.75) is 125 Å². The predicted octanol–water partition coefficient (Wildman–Crippen LogP) is 7.35. The average Bonchev–Trinajstić information content (AvgIpc) is 2.88. The number of carbonyl (C=O) groups excluding carboxylic acids is 2. The number of carbonyl (C=O) groups is 2. The molecule has 0 amide bonds. The van der Waals surface area contributed by atoms with E-state index in [0.29, 0.717) is 39.6 Å². The van der Waals surface area contributed by atoms with Gasteiger partial charge in [0.1, 0.15) is 13.2 Å². The van der Waals surface area contributed by atoms with Crippen molar-refractivity contribution in [3.05, 3.63) is 0 Å². The van der Waals surface area contributed by atoms with Crippen molar-refractivity contribution < 1.29 is 28.5 Å². The second-order valence-corrected chi connectivity index (χ2v) is 11.0. The van der Waals surface area contributed by atoms with E-state index in [1.165, 1.54) is 44.9 Å². The molecule has 0 aliphatic rings. The Kier molecular flexibility index (Phi) is 24.9. The molecule has 0 radical (unpaired) electrons. The maximum absolute atomic E-state index is 12.7. The Morgan fingerprint density at radius 1 is 0.568 bits per heavy atom. The molecule has 0 aromatic carbocycles. The van der Waals surface area contributed by atoms with E-state index in [-0.39, 0.29) is 36.1 Å².